The van der Waals surface area contributed by atoms with Crippen molar-refractivity contribution in [1.82, 2.24) is 15.3 Å². The molecule has 2 heterocycles. The molecule has 0 aliphatic rings. The number of hydrogen-bond donors (Lipinski definition) is 2. The predicted octanol–water partition coefficient (Wildman–Crippen LogP) is 12.0. The van der Waals surface area contributed by atoms with Crippen molar-refractivity contribution in [3.63, 3.8) is 0 Å². The van der Waals surface area contributed by atoms with Crippen LogP contribution in [0.5, 0.6) is 0 Å². The van der Waals surface area contributed by atoms with Gasteiger partial charge in [0, 0.05) is 30.8 Å². The molecule has 3 rings (SSSR count). The molecular weight excluding hydrogens is 627 g/mol. The van der Waals surface area contributed by atoms with Gasteiger partial charge in [-0.3, -0.25) is 14.8 Å². The highest BCUT2D eigenvalue weighted by Gasteiger charge is 2.29. The lowest BCUT2D eigenvalue weighted by Crippen LogP contribution is -2.39. The van der Waals surface area contributed by atoms with Crippen molar-refractivity contribution in [3.8, 4) is 0 Å². The van der Waals surface area contributed by atoms with Gasteiger partial charge in [0.15, 0.2) is 0 Å². The Hall–Kier alpha value is -3.57. The van der Waals surface area contributed by atoms with Crippen LogP contribution in [0.2, 0.25) is 0 Å². The Morgan fingerprint density at radius 2 is 1.04 bits per heavy atom. The summed E-state index contributed by atoms with van der Waals surface area (Å²) in [4.78, 5) is 20.8. The van der Waals surface area contributed by atoms with Crippen LogP contribution in [0, 0.1) is 0 Å². The molecule has 0 saturated heterocycles. The maximum Gasteiger partial charge on any atom is 0.312 e. The van der Waals surface area contributed by atoms with Gasteiger partial charge in [0.1, 0.15) is 0 Å². The number of allylic oxidation sites excluding steroid dienone is 4. The third-order valence-corrected chi connectivity index (χ3v) is 9.90. The topological polar surface area (TPSA) is 75.1 Å². The van der Waals surface area contributed by atoms with Crippen molar-refractivity contribution in [1.29, 1.82) is 0 Å². The summed E-state index contributed by atoms with van der Waals surface area (Å²) in [5, 5.41) is 13.9. The zero-order valence-electron chi connectivity index (χ0n) is 31.5. The van der Waals surface area contributed by atoms with Crippen LogP contribution in [0.3, 0.4) is 0 Å². The van der Waals surface area contributed by atoms with Gasteiger partial charge in [0.05, 0.1) is 5.92 Å². The molecule has 3 aromatic rings. The largest absolute Gasteiger partial charge is 0.481 e. The average Bonchev–Trinajstić information content (AvgIpc) is 3.16. The number of nitrogens with zero attached hydrogens (tertiary/aromatic N) is 2. The number of carboxylic acids is 1. The zero-order chi connectivity index (χ0) is 35.9. The molecule has 0 radical (unpaired) electrons. The van der Waals surface area contributed by atoms with E-state index in [0.29, 0.717) is 0 Å². The second-order valence-electron chi connectivity index (χ2n) is 14.2. The summed E-state index contributed by atoms with van der Waals surface area (Å²) in [6.07, 6.45) is 43.2. The van der Waals surface area contributed by atoms with Crippen molar-refractivity contribution < 1.29 is 9.90 Å². The minimum absolute atomic E-state index is 0.0285. The molecule has 0 saturated carbocycles. The van der Waals surface area contributed by atoms with Gasteiger partial charge in [0.2, 0.25) is 0 Å². The fourth-order valence-electron chi connectivity index (χ4n) is 6.90. The van der Waals surface area contributed by atoms with Crippen molar-refractivity contribution in [2.45, 2.75) is 153 Å². The van der Waals surface area contributed by atoms with Crippen LogP contribution in [0.15, 0.2) is 104 Å². The first-order chi connectivity index (χ1) is 25.2. The quantitative estimate of drug-likeness (QED) is 0.0518. The Balaban J connectivity index is 1.21. The molecule has 278 valence electrons. The molecule has 1 aromatic carbocycles. The minimum Gasteiger partial charge on any atom is -0.481 e. The molecule has 0 spiro atoms. The number of benzene rings is 1. The number of rotatable bonds is 31. The van der Waals surface area contributed by atoms with E-state index in [2.05, 4.69) is 51.7 Å². The number of unbranched alkanes of at least 4 members (excludes halogenated alkanes) is 15. The molecule has 5 nitrogen and oxygen atoms in total. The predicted molar refractivity (Wildman–Crippen MR) is 215 cm³/mol. The Labute approximate surface area is 310 Å². The van der Waals surface area contributed by atoms with E-state index in [-0.39, 0.29) is 6.04 Å². The minimum atomic E-state index is -0.718. The average molecular weight is 694 g/mol. The number of hydrogen-bond acceptors (Lipinski definition) is 4. The second kappa shape index (κ2) is 29.1. The van der Waals surface area contributed by atoms with E-state index >= 15 is 0 Å². The lowest BCUT2D eigenvalue weighted by atomic mass is 9.88. The van der Waals surface area contributed by atoms with Gasteiger partial charge in [-0.05, 0) is 99.6 Å². The van der Waals surface area contributed by atoms with Crippen LogP contribution in [0.25, 0.3) is 0 Å². The zero-order valence-corrected chi connectivity index (χ0v) is 31.5. The Bertz CT molecular complexity index is 1300. The van der Waals surface area contributed by atoms with Gasteiger partial charge < -0.3 is 10.4 Å². The van der Waals surface area contributed by atoms with Gasteiger partial charge in [-0.25, -0.2) is 0 Å². The van der Waals surface area contributed by atoms with E-state index in [0.717, 1.165) is 57.1 Å². The first-order valence-electron chi connectivity index (χ1n) is 20.3. The van der Waals surface area contributed by atoms with E-state index in [1.807, 2.05) is 67.3 Å². The molecular formula is C46H67N3O2. The summed E-state index contributed by atoms with van der Waals surface area (Å²) < 4.78 is 0. The van der Waals surface area contributed by atoms with Crippen molar-refractivity contribution in [2.75, 3.05) is 6.54 Å². The lowest BCUT2D eigenvalue weighted by molar-refractivity contribution is -0.139. The third kappa shape index (κ3) is 20.8. The smallest absolute Gasteiger partial charge is 0.312 e. The maximum atomic E-state index is 12.5. The molecule has 0 amide bonds. The molecule has 51 heavy (non-hydrogen) atoms. The molecule has 5 heteroatoms. The summed E-state index contributed by atoms with van der Waals surface area (Å²) >= 11 is 0. The van der Waals surface area contributed by atoms with Gasteiger partial charge in [-0.15, -0.1) is 0 Å². The molecule has 2 N–H and O–H groups in total. The number of aliphatic carboxylic acids is 1. The van der Waals surface area contributed by atoms with Gasteiger partial charge >= 0.3 is 5.97 Å². The first kappa shape index (κ1) is 41.8. The van der Waals surface area contributed by atoms with Crippen LogP contribution in [0.4, 0.5) is 0 Å². The summed E-state index contributed by atoms with van der Waals surface area (Å²) in [5.74, 6) is -1.22. The number of nitrogens with one attached hydrogen (secondary N) is 1. The van der Waals surface area contributed by atoms with E-state index in [4.69, 9.17) is 0 Å². The summed E-state index contributed by atoms with van der Waals surface area (Å²) in [5.41, 5.74) is 3.53. The lowest BCUT2D eigenvalue weighted by Gasteiger charge is -2.26. The van der Waals surface area contributed by atoms with E-state index < -0.39 is 11.9 Å². The highest BCUT2D eigenvalue weighted by Crippen LogP contribution is 2.25. The van der Waals surface area contributed by atoms with Crippen LogP contribution in [-0.2, 0) is 17.6 Å². The van der Waals surface area contributed by atoms with Crippen molar-refractivity contribution >= 4 is 5.97 Å². The Morgan fingerprint density at radius 3 is 1.53 bits per heavy atom. The number of pyridine rings is 2. The highest BCUT2D eigenvalue weighted by molar-refractivity contribution is 5.77. The van der Waals surface area contributed by atoms with Gasteiger partial charge in [-0.2, -0.15) is 0 Å². The van der Waals surface area contributed by atoms with E-state index in [1.54, 1.807) is 0 Å². The standard InChI is InChI=1S/C46H67N3O2/c50-46(51)45(43-33-23-20-24-34-43)44(35-25-18-14-10-6-3-5-9-13-17-22-30-42-32-28-37-48-40-42)49-38-26-19-15-11-7-2-1-4-8-12-16-21-29-41-31-27-36-47-39-41/h12-13,16-17,20,23-24,27-28,31-34,36-37,39-40,44-45,49H,1-11,14-15,18-19,21-22,25-26,29-30,35,38H2,(H,50,51)/b16-12-,17-13-/t44-,45+/m1/s1. The van der Waals surface area contributed by atoms with Gasteiger partial charge in [0.25, 0.3) is 0 Å². The first-order valence-corrected chi connectivity index (χ1v) is 20.3. The molecule has 0 aliphatic carbocycles. The molecule has 2 aromatic heterocycles. The SMILES string of the molecule is O=C(O)[C@@H](c1ccccc1)[C@@H](CCCCCCCCC/C=C\CCc1cccnc1)NCCCCCCCCCC/C=C\CCc1cccnc1. The summed E-state index contributed by atoms with van der Waals surface area (Å²) in [6, 6.07) is 18.1. The molecule has 0 unspecified atom stereocenters. The molecule has 0 bridgehead atoms. The number of carboxylic acid groups (broad SMARTS) is 1. The Kier molecular flexibility index (Phi) is 23.8. The number of carbonyl (C=O) groups is 1. The second-order valence-corrected chi connectivity index (χ2v) is 14.2. The van der Waals surface area contributed by atoms with Crippen molar-refractivity contribution in [3.05, 3.63) is 120 Å². The van der Waals surface area contributed by atoms with Gasteiger partial charge in [-0.1, -0.05) is 144 Å². The van der Waals surface area contributed by atoms with Crippen molar-refractivity contribution in [2.24, 2.45) is 0 Å². The maximum absolute atomic E-state index is 12.5. The highest BCUT2D eigenvalue weighted by atomic mass is 16.4. The molecule has 2 atom stereocenters. The van der Waals surface area contributed by atoms with Crippen LogP contribution in [-0.4, -0.2) is 33.6 Å². The number of aromatic nitrogens is 2. The monoisotopic (exact) mass is 694 g/mol. The fraction of sp³-hybridized carbons (Fsp3) is 0.543. The molecule has 0 aliphatic heterocycles. The summed E-state index contributed by atoms with van der Waals surface area (Å²) in [6.45, 7) is 0.895. The van der Waals surface area contributed by atoms with E-state index in [1.165, 1.54) is 107 Å². The fourth-order valence-corrected chi connectivity index (χ4v) is 6.90. The normalized spacial score (nSPS) is 12.9. The third-order valence-electron chi connectivity index (χ3n) is 9.90. The van der Waals surface area contributed by atoms with Crippen LogP contribution in [0.1, 0.15) is 151 Å². The number of aryl methyl sites for hydroxylation is 2. The Morgan fingerprint density at radius 1 is 0.569 bits per heavy atom. The molecule has 0 fully saturated rings. The van der Waals surface area contributed by atoms with Crippen LogP contribution >= 0.6 is 0 Å². The van der Waals surface area contributed by atoms with Crippen LogP contribution < -0.4 is 5.32 Å². The summed E-state index contributed by atoms with van der Waals surface area (Å²) in [7, 11) is 0. The van der Waals surface area contributed by atoms with E-state index in [9.17, 15) is 9.90 Å².